The van der Waals surface area contributed by atoms with Crippen molar-refractivity contribution in [3.8, 4) is 11.4 Å². The highest BCUT2D eigenvalue weighted by molar-refractivity contribution is 5.70. The summed E-state index contributed by atoms with van der Waals surface area (Å²) in [5, 5.41) is 19.6. The minimum Gasteiger partial charge on any atom is -0.481 e. The van der Waals surface area contributed by atoms with Gasteiger partial charge in [-0.2, -0.15) is 0 Å². The summed E-state index contributed by atoms with van der Waals surface area (Å²) in [6.07, 6.45) is 0. The van der Waals surface area contributed by atoms with E-state index < -0.39 is 29.6 Å². The van der Waals surface area contributed by atoms with Crippen molar-refractivity contribution in [3.63, 3.8) is 0 Å². The predicted octanol–water partition coefficient (Wildman–Crippen LogP) is 1.90. The smallest absolute Gasteiger partial charge is 0.308 e. The van der Waals surface area contributed by atoms with Gasteiger partial charge in [-0.3, -0.25) is 4.79 Å². The highest BCUT2D eigenvalue weighted by Gasteiger charge is 2.27. The third kappa shape index (κ3) is 2.36. The van der Waals surface area contributed by atoms with Crippen LogP contribution in [0.15, 0.2) is 18.2 Å². The number of carboxylic acid groups (broad SMARTS) is 1. The molecule has 1 aromatic heterocycles. The van der Waals surface area contributed by atoms with Crippen LogP contribution in [0.1, 0.15) is 19.9 Å². The number of hydrogen-bond acceptors (Lipinski definition) is 4. The number of benzene rings is 1. The standard InChI is InChI=1S/C12H12F2N4O2/c1-6(12(19)20)7(2)18-11(15-16-17-18)10-8(13)4-3-5-9(10)14/h3-7H,1-2H3,(H,19,20). The lowest BCUT2D eigenvalue weighted by atomic mass is 10.0. The van der Waals surface area contributed by atoms with Crippen molar-refractivity contribution < 1.29 is 18.7 Å². The maximum atomic E-state index is 13.8. The molecule has 0 aliphatic heterocycles. The van der Waals surface area contributed by atoms with E-state index in [1.165, 1.54) is 13.0 Å². The Morgan fingerprint density at radius 2 is 1.90 bits per heavy atom. The van der Waals surface area contributed by atoms with Crippen LogP contribution in [0.4, 0.5) is 8.78 Å². The van der Waals surface area contributed by atoms with E-state index in [0.717, 1.165) is 16.8 Å². The number of halogens is 2. The SMILES string of the molecule is CC(C(=O)O)C(C)n1nnnc1-c1c(F)cccc1F. The molecule has 8 heteroatoms. The van der Waals surface area contributed by atoms with Crippen molar-refractivity contribution in [1.82, 2.24) is 20.2 Å². The Bertz CT molecular complexity index is 624. The summed E-state index contributed by atoms with van der Waals surface area (Å²) in [6.45, 7) is 3.04. The number of aliphatic carboxylic acids is 1. The third-order valence-corrected chi connectivity index (χ3v) is 3.18. The minimum atomic E-state index is -1.05. The number of carboxylic acids is 1. The summed E-state index contributed by atoms with van der Waals surface area (Å²) < 4.78 is 28.6. The molecular weight excluding hydrogens is 270 g/mol. The zero-order chi connectivity index (χ0) is 14.9. The van der Waals surface area contributed by atoms with Gasteiger partial charge in [-0.15, -0.1) is 5.10 Å². The van der Waals surface area contributed by atoms with E-state index in [-0.39, 0.29) is 11.4 Å². The van der Waals surface area contributed by atoms with Gasteiger partial charge in [-0.25, -0.2) is 13.5 Å². The van der Waals surface area contributed by atoms with Gasteiger partial charge in [0, 0.05) is 0 Å². The second kappa shape index (κ2) is 5.32. The Labute approximate surface area is 113 Å². The minimum absolute atomic E-state index is 0.138. The van der Waals surface area contributed by atoms with Crippen LogP contribution in [0.3, 0.4) is 0 Å². The molecule has 0 saturated carbocycles. The maximum absolute atomic E-state index is 13.8. The third-order valence-electron chi connectivity index (χ3n) is 3.18. The fourth-order valence-corrected chi connectivity index (χ4v) is 1.76. The molecule has 1 aromatic carbocycles. The summed E-state index contributed by atoms with van der Waals surface area (Å²) in [6, 6.07) is 2.74. The molecule has 0 radical (unpaired) electrons. The molecule has 20 heavy (non-hydrogen) atoms. The van der Waals surface area contributed by atoms with Crippen molar-refractivity contribution in [2.75, 3.05) is 0 Å². The molecule has 2 rings (SSSR count). The monoisotopic (exact) mass is 282 g/mol. The molecule has 2 atom stereocenters. The number of aromatic nitrogens is 4. The topological polar surface area (TPSA) is 80.9 Å². The van der Waals surface area contributed by atoms with E-state index in [4.69, 9.17) is 5.11 Å². The van der Waals surface area contributed by atoms with E-state index in [1.54, 1.807) is 6.92 Å². The van der Waals surface area contributed by atoms with Crippen LogP contribution in [0.2, 0.25) is 0 Å². The number of nitrogens with zero attached hydrogens (tertiary/aromatic N) is 4. The van der Waals surface area contributed by atoms with Gasteiger partial charge in [0.1, 0.15) is 11.6 Å². The molecule has 0 fully saturated rings. The fourth-order valence-electron chi connectivity index (χ4n) is 1.76. The summed E-state index contributed by atoms with van der Waals surface area (Å²) in [5.41, 5.74) is -0.373. The zero-order valence-electron chi connectivity index (χ0n) is 10.8. The highest BCUT2D eigenvalue weighted by Crippen LogP contribution is 2.27. The van der Waals surface area contributed by atoms with Crippen LogP contribution in [0.5, 0.6) is 0 Å². The van der Waals surface area contributed by atoms with E-state index in [2.05, 4.69) is 15.5 Å². The van der Waals surface area contributed by atoms with Crippen LogP contribution in [-0.4, -0.2) is 31.3 Å². The quantitative estimate of drug-likeness (QED) is 0.926. The van der Waals surface area contributed by atoms with Crippen molar-refractivity contribution in [3.05, 3.63) is 29.8 Å². The summed E-state index contributed by atoms with van der Waals surface area (Å²) in [7, 11) is 0. The van der Waals surface area contributed by atoms with Gasteiger partial charge in [-0.1, -0.05) is 6.07 Å². The largest absolute Gasteiger partial charge is 0.481 e. The number of rotatable bonds is 4. The lowest BCUT2D eigenvalue weighted by molar-refractivity contribution is -0.142. The Kier molecular flexibility index (Phi) is 3.73. The first kappa shape index (κ1) is 14.0. The van der Waals surface area contributed by atoms with Gasteiger partial charge in [0.2, 0.25) is 0 Å². The summed E-state index contributed by atoms with van der Waals surface area (Å²) in [5.74, 6) is -3.62. The van der Waals surface area contributed by atoms with E-state index >= 15 is 0 Å². The average molecular weight is 282 g/mol. The highest BCUT2D eigenvalue weighted by atomic mass is 19.1. The number of hydrogen-bond donors (Lipinski definition) is 1. The van der Waals surface area contributed by atoms with Gasteiger partial charge < -0.3 is 5.11 Å². The average Bonchev–Trinajstić information content (AvgIpc) is 2.85. The Hall–Kier alpha value is -2.38. The molecule has 2 aromatic rings. The molecule has 0 aliphatic carbocycles. The van der Waals surface area contributed by atoms with Gasteiger partial charge in [0.25, 0.3) is 0 Å². The molecule has 0 bridgehead atoms. The molecule has 1 N–H and O–H groups in total. The lowest BCUT2D eigenvalue weighted by Gasteiger charge is -2.17. The fraction of sp³-hybridized carbons (Fsp3) is 0.333. The molecule has 0 spiro atoms. The van der Waals surface area contributed by atoms with Crippen LogP contribution in [0, 0.1) is 17.6 Å². The van der Waals surface area contributed by atoms with Crippen LogP contribution < -0.4 is 0 Å². The first-order valence-electron chi connectivity index (χ1n) is 5.88. The Balaban J connectivity index is 2.51. The van der Waals surface area contributed by atoms with Crippen LogP contribution in [-0.2, 0) is 4.79 Å². The van der Waals surface area contributed by atoms with Crippen molar-refractivity contribution in [2.45, 2.75) is 19.9 Å². The predicted molar refractivity (Wildman–Crippen MR) is 64.7 cm³/mol. The molecule has 0 saturated heterocycles. The summed E-state index contributed by atoms with van der Waals surface area (Å²) in [4.78, 5) is 11.0. The molecule has 6 nitrogen and oxygen atoms in total. The number of tetrazole rings is 1. The van der Waals surface area contributed by atoms with Gasteiger partial charge in [0.05, 0.1) is 17.5 Å². The summed E-state index contributed by atoms with van der Waals surface area (Å²) >= 11 is 0. The van der Waals surface area contributed by atoms with Crippen molar-refractivity contribution in [1.29, 1.82) is 0 Å². The van der Waals surface area contributed by atoms with Gasteiger partial charge in [0.15, 0.2) is 5.82 Å². The van der Waals surface area contributed by atoms with E-state index in [1.807, 2.05) is 0 Å². The first-order chi connectivity index (χ1) is 9.43. The van der Waals surface area contributed by atoms with Gasteiger partial charge >= 0.3 is 5.97 Å². The lowest BCUT2D eigenvalue weighted by Crippen LogP contribution is -2.23. The number of carbonyl (C=O) groups is 1. The van der Waals surface area contributed by atoms with Crippen LogP contribution >= 0.6 is 0 Å². The van der Waals surface area contributed by atoms with Crippen molar-refractivity contribution in [2.24, 2.45) is 5.92 Å². The molecule has 2 unspecified atom stereocenters. The Morgan fingerprint density at radius 1 is 1.30 bits per heavy atom. The molecule has 0 amide bonds. The van der Waals surface area contributed by atoms with Gasteiger partial charge in [-0.05, 0) is 36.4 Å². The first-order valence-corrected chi connectivity index (χ1v) is 5.88. The van der Waals surface area contributed by atoms with Crippen LogP contribution in [0.25, 0.3) is 11.4 Å². The van der Waals surface area contributed by atoms with E-state index in [0.29, 0.717) is 0 Å². The molecule has 106 valence electrons. The van der Waals surface area contributed by atoms with E-state index in [9.17, 15) is 13.6 Å². The molecular formula is C12H12F2N4O2. The Morgan fingerprint density at radius 3 is 2.45 bits per heavy atom. The maximum Gasteiger partial charge on any atom is 0.308 e. The second-order valence-corrected chi connectivity index (χ2v) is 4.41. The second-order valence-electron chi connectivity index (χ2n) is 4.41. The zero-order valence-corrected chi connectivity index (χ0v) is 10.8. The molecule has 1 heterocycles. The normalized spacial score (nSPS) is 14.0. The van der Waals surface area contributed by atoms with Crippen molar-refractivity contribution >= 4 is 5.97 Å². The molecule has 0 aliphatic rings.